The highest BCUT2D eigenvalue weighted by Gasteiger charge is 2.39. The number of nitrogens with one attached hydrogen (secondary N) is 2. The van der Waals surface area contributed by atoms with Crippen LogP contribution in [0.15, 0.2) is 24.3 Å². The Labute approximate surface area is 163 Å². The smallest absolute Gasteiger partial charge is 0.311 e. The number of carboxylic acid groups (broad SMARTS) is 1. The molecule has 1 aromatic rings. The van der Waals surface area contributed by atoms with Gasteiger partial charge in [-0.2, -0.15) is 0 Å². The Hall–Kier alpha value is -2.90. The highest BCUT2D eigenvalue weighted by molar-refractivity contribution is 6.10. The van der Waals surface area contributed by atoms with Crippen LogP contribution in [-0.2, 0) is 19.2 Å². The molecule has 0 spiro atoms. The van der Waals surface area contributed by atoms with Gasteiger partial charge in [0.2, 0.25) is 17.7 Å². The summed E-state index contributed by atoms with van der Waals surface area (Å²) in [6.45, 7) is 0.00387. The number of aliphatic carboxylic acids is 1. The molecule has 8 heteroatoms. The van der Waals surface area contributed by atoms with Crippen molar-refractivity contribution in [1.29, 1.82) is 0 Å². The Kier molecular flexibility index (Phi) is 5.96. The molecule has 3 amide bonds. The van der Waals surface area contributed by atoms with E-state index < -0.39 is 11.4 Å². The summed E-state index contributed by atoms with van der Waals surface area (Å²) >= 11 is 0. The zero-order valence-electron chi connectivity index (χ0n) is 15.7. The van der Waals surface area contributed by atoms with Gasteiger partial charge in [-0.25, -0.2) is 0 Å². The Balaban J connectivity index is 1.54. The van der Waals surface area contributed by atoms with E-state index >= 15 is 0 Å². The Bertz CT molecular complexity index is 786. The molecule has 1 aliphatic carbocycles. The van der Waals surface area contributed by atoms with E-state index in [1.807, 2.05) is 0 Å². The summed E-state index contributed by atoms with van der Waals surface area (Å²) in [5.74, 6) is -1.82. The molecule has 1 aromatic carbocycles. The molecule has 150 valence electrons. The topological polar surface area (TPSA) is 116 Å². The zero-order valence-corrected chi connectivity index (χ0v) is 15.7. The lowest BCUT2D eigenvalue weighted by Crippen LogP contribution is -2.45. The first-order chi connectivity index (χ1) is 13.4. The van der Waals surface area contributed by atoms with Gasteiger partial charge in [0.15, 0.2) is 0 Å². The van der Waals surface area contributed by atoms with Crippen LogP contribution in [0, 0.1) is 5.41 Å². The zero-order chi connectivity index (χ0) is 20.1. The van der Waals surface area contributed by atoms with Gasteiger partial charge >= 0.3 is 5.97 Å². The maximum Gasteiger partial charge on any atom is 0.311 e. The molecule has 8 nitrogen and oxygen atoms in total. The number of benzene rings is 1. The second kappa shape index (κ2) is 8.41. The minimum absolute atomic E-state index is 0.0468. The summed E-state index contributed by atoms with van der Waals surface area (Å²) in [6, 6.07) is 7.00. The lowest BCUT2D eigenvalue weighted by atomic mass is 9.74. The third kappa shape index (κ3) is 4.32. The molecule has 0 unspecified atom stereocenters. The number of rotatable bonds is 6. The number of fused-ring (bicyclic) bond motifs is 1. The number of anilines is 2. The molecule has 2 aliphatic rings. The third-order valence-corrected chi connectivity index (χ3v) is 5.53. The fourth-order valence-electron chi connectivity index (χ4n) is 3.86. The maximum atomic E-state index is 12.6. The molecule has 0 atom stereocenters. The number of amides is 3. The number of hydrogen-bond donors (Lipinski definition) is 3. The highest BCUT2D eigenvalue weighted by atomic mass is 16.4. The Morgan fingerprint density at radius 1 is 1.11 bits per heavy atom. The Morgan fingerprint density at radius 3 is 2.54 bits per heavy atom. The van der Waals surface area contributed by atoms with Crippen molar-refractivity contribution in [2.24, 2.45) is 5.41 Å². The quantitative estimate of drug-likeness (QED) is 0.689. The van der Waals surface area contributed by atoms with Crippen LogP contribution in [-0.4, -0.2) is 41.9 Å². The fourth-order valence-corrected chi connectivity index (χ4v) is 3.86. The minimum Gasteiger partial charge on any atom is -0.481 e. The first kappa shape index (κ1) is 19.9. The van der Waals surface area contributed by atoms with E-state index in [4.69, 9.17) is 0 Å². The van der Waals surface area contributed by atoms with Crippen LogP contribution in [0.2, 0.25) is 0 Å². The normalized spacial score (nSPS) is 18.0. The number of carbonyl (C=O) groups excluding carboxylic acids is 3. The number of carboxylic acids is 1. The van der Waals surface area contributed by atoms with Gasteiger partial charge in [-0.05, 0) is 25.0 Å². The van der Waals surface area contributed by atoms with Crippen LogP contribution >= 0.6 is 0 Å². The number of para-hydroxylation sites is 2. The van der Waals surface area contributed by atoms with Crippen molar-refractivity contribution in [2.75, 3.05) is 23.3 Å². The average Bonchev–Trinajstić information content (AvgIpc) is 2.70. The molecule has 0 aromatic heterocycles. The van der Waals surface area contributed by atoms with E-state index in [-0.39, 0.29) is 43.7 Å². The lowest BCUT2D eigenvalue weighted by molar-refractivity contribution is -0.151. The van der Waals surface area contributed by atoms with Crippen molar-refractivity contribution >= 4 is 35.1 Å². The van der Waals surface area contributed by atoms with E-state index in [2.05, 4.69) is 10.6 Å². The molecule has 1 heterocycles. The minimum atomic E-state index is -0.901. The molecule has 3 N–H and O–H groups in total. The number of nitrogens with zero attached hydrogens (tertiary/aromatic N) is 1. The van der Waals surface area contributed by atoms with Gasteiger partial charge in [-0.1, -0.05) is 31.4 Å². The van der Waals surface area contributed by atoms with Crippen LogP contribution in [0.4, 0.5) is 11.4 Å². The van der Waals surface area contributed by atoms with Crippen LogP contribution in [0.25, 0.3) is 0 Å². The predicted molar refractivity (Wildman–Crippen MR) is 103 cm³/mol. The SMILES string of the molecule is O=C(CCC(=O)N1CC(=O)Nc2ccccc21)NCC1(C(=O)O)CCCCC1. The second-order valence-electron chi connectivity index (χ2n) is 7.47. The van der Waals surface area contributed by atoms with E-state index in [9.17, 15) is 24.3 Å². The van der Waals surface area contributed by atoms with Crippen molar-refractivity contribution < 1.29 is 24.3 Å². The molecular weight excluding hydrogens is 362 g/mol. The van der Waals surface area contributed by atoms with Crippen LogP contribution < -0.4 is 15.5 Å². The fraction of sp³-hybridized carbons (Fsp3) is 0.500. The third-order valence-electron chi connectivity index (χ3n) is 5.53. The molecule has 1 fully saturated rings. The first-order valence-corrected chi connectivity index (χ1v) is 9.61. The van der Waals surface area contributed by atoms with Crippen molar-refractivity contribution in [3.8, 4) is 0 Å². The number of carbonyl (C=O) groups is 4. The summed E-state index contributed by atoms with van der Waals surface area (Å²) in [5.41, 5.74) is 0.277. The van der Waals surface area contributed by atoms with Gasteiger partial charge < -0.3 is 20.6 Å². The monoisotopic (exact) mass is 387 g/mol. The second-order valence-corrected chi connectivity index (χ2v) is 7.47. The summed E-state index contributed by atoms with van der Waals surface area (Å²) < 4.78 is 0. The van der Waals surface area contributed by atoms with Gasteiger partial charge in [0.05, 0.1) is 16.8 Å². The summed E-state index contributed by atoms with van der Waals surface area (Å²) in [7, 11) is 0. The molecule has 3 rings (SSSR count). The van der Waals surface area contributed by atoms with Crippen molar-refractivity contribution in [2.45, 2.75) is 44.9 Å². The molecule has 0 radical (unpaired) electrons. The molecule has 1 aliphatic heterocycles. The molecule has 1 saturated carbocycles. The molecule has 0 bridgehead atoms. The van der Waals surface area contributed by atoms with E-state index in [1.54, 1.807) is 24.3 Å². The average molecular weight is 387 g/mol. The van der Waals surface area contributed by atoms with Gasteiger partial charge in [0.25, 0.3) is 0 Å². The van der Waals surface area contributed by atoms with Gasteiger partial charge in [0, 0.05) is 19.4 Å². The van der Waals surface area contributed by atoms with E-state index in [0.29, 0.717) is 24.2 Å². The molecular formula is C20H25N3O5. The van der Waals surface area contributed by atoms with Gasteiger partial charge in [-0.15, -0.1) is 0 Å². The van der Waals surface area contributed by atoms with Crippen molar-refractivity contribution in [3.05, 3.63) is 24.3 Å². The van der Waals surface area contributed by atoms with Gasteiger partial charge in [-0.3, -0.25) is 19.2 Å². The molecule has 0 saturated heterocycles. The van der Waals surface area contributed by atoms with Gasteiger partial charge in [0.1, 0.15) is 6.54 Å². The number of hydrogen-bond acceptors (Lipinski definition) is 4. The predicted octanol–water partition coefficient (Wildman–Crippen LogP) is 1.90. The van der Waals surface area contributed by atoms with Crippen molar-refractivity contribution in [1.82, 2.24) is 5.32 Å². The summed E-state index contributed by atoms with van der Waals surface area (Å²) in [4.78, 5) is 49.6. The standard InChI is InChI=1S/C20H25N3O5/c24-16(21-13-20(19(27)28)10-4-1-5-11-20)8-9-18(26)23-12-17(25)22-14-6-2-3-7-15(14)23/h2-3,6-7H,1,4-5,8-13H2,(H,21,24)(H,22,25)(H,27,28). The van der Waals surface area contributed by atoms with E-state index in [0.717, 1.165) is 19.3 Å². The van der Waals surface area contributed by atoms with Crippen LogP contribution in [0.5, 0.6) is 0 Å². The Morgan fingerprint density at radius 2 is 1.82 bits per heavy atom. The molecule has 28 heavy (non-hydrogen) atoms. The van der Waals surface area contributed by atoms with Crippen LogP contribution in [0.1, 0.15) is 44.9 Å². The first-order valence-electron chi connectivity index (χ1n) is 9.61. The maximum absolute atomic E-state index is 12.6. The van der Waals surface area contributed by atoms with Crippen molar-refractivity contribution in [3.63, 3.8) is 0 Å². The summed E-state index contributed by atoms with van der Waals surface area (Å²) in [6.07, 6.45) is 3.72. The van der Waals surface area contributed by atoms with E-state index in [1.165, 1.54) is 4.90 Å². The lowest BCUT2D eigenvalue weighted by Gasteiger charge is -2.33. The summed E-state index contributed by atoms with van der Waals surface area (Å²) in [5, 5.41) is 15.0. The highest BCUT2D eigenvalue weighted by Crippen LogP contribution is 2.36. The largest absolute Gasteiger partial charge is 0.481 e. The van der Waals surface area contributed by atoms with Crippen LogP contribution in [0.3, 0.4) is 0 Å².